The molecule has 0 spiro atoms. The van der Waals surface area contributed by atoms with Crippen LogP contribution in [0.15, 0.2) is 0 Å². The molecule has 0 amide bonds. The Kier molecular flexibility index (Phi) is 11.6. The number of hydrogen-bond acceptors (Lipinski definition) is 4. The fourth-order valence-electron chi connectivity index (χ4n) is 2.67. The van der Waals surface area contributed by atoms with Gasteiger partial charge in [0.2, 0.25) is 0 Å². The van der Waals surface area contributed by atoms with Crippen LogP contribution in [0.2, 0.25) is 0 Å². The van der Waals surface area contributed by atoms with Crippen LogP contribution < -0.4 is 5.32 Å². The monoisotopic (exact) mass is 300 g/mol. The molecule has 126 valence electrons. The lowest BCUT2D eigenvalue weighted by molar-refractivity contribution is -0.146. The molecule has 0 rings (SSSR count). The van der Waals surface area contributed by atoms with E-state index >= 15 is 0 Å². The first-order valence-corrected chi connectivity index (χ1v) is 8.63. The molecule has 0 aliphatic heterocycles. The summed E-state index contributed by atoms with van der Waals surface area (Å²) in [6, 6.07) is 0.317. The highest BCUT2D eigenvalue weighted by Gasteiger charge is 2.25. The maximum atomic E-state index is 12.2. The molecule has 0 aliphatic rings. The molecule has 21 heavy (non-hydrogen) atoms. The Bertz CT molecular complexity index is 266. The summed E-state index contributed by atoms with van der Waals surface area (Å²) in [4.78, 5) is 14.6. The maximum Gasteiger partial charge on any atom is 0.324 e. The molecular formula is C17H36N2O2. The summed E-state index contributed by atoms with van der Waals surface area (Å²) in [6.45, 7) is 15.9. The topological polar surface area (TPSA) is 41.6 Å². The van der Waals surface area contributed by atoms with Gasteiger partial charge in [-0.3, -0.25) is 9.69 Å². The first kappa shape index (κ1) is 20.4. The maximum absolute atomic E-state index is 12.2. The third-order valence-electron chi connectivity index (χ3n) is 3.69. The van der Waals surface area contributed by atoms with Gasteiger partial charge in [-0.15, -0.1) is 0 Å². The molecule has 0 fully saturated rings. The van der Waals surface area contributed by atoms with E-state index in [9.17, 15) is 4.79 Å². The minimum atomic E-state index is -0.218. The fraction of sp³-hybridized carbons (Fsp3) is 0.941. The zero-order valence-electron chi connectivity index (χ0n) is 14.9. The Morgan fingerprint density at radius 3 is 2.14 bits per heavy atom. The van der Waals surface area contributed by atoms with E-state index in [-0.39, 0.29) is 12.0 Å². The first-order valence-electron chi connectivity index (χ1n) is 8.63. The van der Waals surface area contributed by atoms with Crippen LogP contribution in [0, 0.1) is 5.92 Å². The van der Waals surface area contributed by atoms with Crippen molar-refractivity contribution in [3.8, 4) is 0 Å². The van der Waals surface area contributed by atoms with Crippen LogP contribution in [-0.4, -0.2) is 49.2 Å². The van der Waals surface area contributed by atoms with Crippen LogP contribution in [0.25, 0.3) is 0 Å². The molecule has 0 saturated heterocycles. The van der Waals surface area contributed by atoms with Gasteiger partial charge in [-0.1, -0.05) is 34.6 Å². The smallest absolute Gasteiger partial charge is 0.324 e. The van der Waals surface area contributed by atoms with Crippen LogP contribution in [0.1, 0.15) is 60.8 Å². The van der Waals surface area contributed by atoms with Gasteiger partial charge in [0.25, 0.3) is 0 Å². The summed E-state index contributed by atoms with van der Waals surface area (Å²) in [5.41, 5.74) is 0. The second-order valence-electron chi connectivity index (χ2n) is 6.08. The van der Waals surface area contributed by atoms with Gasteiger partial charge >= 0.3 is 5.97 Å². The first-order chi connectivity index (χ1) is 9.99. The number of nitrogens with one attached hydrogen (secondary N) is 1. The molecule has 4 heteroatoms. The highest BCUT2D eigenvalue weighted by atomic mass is 16.5. The highest BCUT2D eigenvalue weighted by molar-refractivity contribution is 5.76. The van der Waals surface area contributed by atoms with Crippen molar-refractivity contribution in [2.24, 2.45) is 5.92 Å². The third-order valence-corrected chi connectivity index (χ3v) is 3.69. The van der Waals surface area contributed by atoms with Gasteiger partial charge in [0.05, 0.1) is 6.61 Å². The molecule has 0 radical (unpaired) electrons. The van der Waals surface area contributed by atoms with Gasteiger partial charge < -0.3 is 10.1 Å². The third kappa shape index (κ3) is 8.42. The van der Waals surface area contributed by atoms with Gasteiger partial charge in [0.1, 0.15) is 6.04 Å². The van der Waals surface area contributed by atoms with E-state index < -0.39 is 0 Å². The van der Waals surface area contributed by atoms with Crippen molar-refractivity contribution in [3.05, 3.63) is 0 Å². The predicted octanol–water partition coefficient (Wildman–Crippen LogP) is 3.06. The highest BCUT2D eigenvalue weighted by Crippen LogP contribution is 2.12. The lowest BCUT2D eigenvalue weighted by atomic mass is 10.1. The standard InChI is InChI=1S/C17H36N2O2/c1-7-11-18-16(17(20)21-10-4)13-19(12-14(5)6)15(8-2)9-3/h14-16,18H,7-13H2,1-6H3. The Balaban J connectivity index is 4.86. The summed E-state index contributed by atoms with van der Waals surface area (Å²) >= 11 is 0. The quantitative estimate of drug-likeness (QED) is 0.562. The van der Waals surface area contributed by atoms with Crippen molar-refractivity contribution in [2.45, 2.75) is 72.9 Å². The van der Waals surface area contributed by atoms with Crippen LogP contribution in [-0.2, 0) is 9.53 Å². The Morgan fingerprint density at radius 1 is 1.10 bits per heavy atom. The largest absolute Gasteiger partial charge is 0.465 e. The van der Waals surface area contributed by atoms with E-state index in [0.717, 1.165) is 38.9 Å². The molecule has 0 heterocycles. The molecule has 0 bridgehead atoms. The van der Waals surface area contributed by atoms with Crippen molar-refractivity contribution in [1.82, 2.24) is 10.2 Å². The second-order valence-corrected chi connectivity index (χ2v) is 6.08. The van der Waals surface area contributed by atoms with Gasteiger partial charge in [-0.25, -0.2) is 0 Å². The summed E-state index contributed by atoms with van der Waals surface area (Å²) < 4.78 is 5.23. The summed E-state index contributed by atoms with van der Waals surface area (Å²) in [5.74, 6) is 0.477. The van der Waals surface area contributed by atoms with Crippen molar-refractivity contribution in [2.75, 3.05) is 26.2 Å². The lowest BCUT2D eigenvalue weighted by Crippen LogP contribution is -2.50. The number of carbonyl (C=O) groups is 1. The summed E-state index contributed by atoms with van der Waals surface area (Å²) in [6.07, 6.45) is 3.25. The van der Waals surface area contributed by atoms with Gasteiger partial charge in [0.15, 0.2) is 0 Å². The SMILES string of the molecule is CCCNC(CN(CC(C)C)C(CC)CC)C(=O)OCC. The Morgan fingerprint density at radius 2 is 1.71 bits per heavy atom. The lowest BCUT2D eigenvalue weighted by Gasteiger charge is -2.34. The van der Waals surface area contributed by atoms with Crippen LogP contribution in [0.3, 0.4) is 0 Å². The van der Waals surface area contributed by atoms with Gasteiger partial charge in [-0.05, 0) is 38.6 Å². The minimum Gasteiger partial charge on any atom is -0.465 e. The number of esters is 1. The second kappa shape index (κ2) is 12.0. The number of nitrogens with zero attached hydrogens (tertiary/aromatic N) is 1. The fourth-order valence-corrected chi connectivity index (χ4v) is 2.67. The van der Waals surface area contributed by atoms with Gasteiger partial charge in [-0.2, -0.15) is 0 Å². The van der Waals surface area contributed by atoms with Crippen molar-refractivity contribution < 1.29 is 9.53 Å². The average molecular weight is 300 g/mol. The zero-order chi connectivity index (χ0) is 16.3. The molecule has 0 aromatic carbocycles. The van der Waals surface area contributed by atoms with E-state index in [1.165, 1.54) is 0 Å². The number of carbonyl (C=O) groups excluding carboxylic acids is 1. The molecule has 0 aromatic heterocycles. The van der Waals surface area contributed by atoms with Crippen LogP contribution >= 0.6 is 0 Å². The Hall–Kier alpha value is -0.610. The summed E-state index contributed by atoms with van der Waals surface area (Å²) in [7, 11) is 0. The van der Waals surface area contributed by atoms with E-state index in [1.54, 1.807) is 0 Å². The van der Waals surface area contributed by atoms with Crippen molar-refractivity contribution in [3.63, 3.8) is 0 Å². The molecule has 1 atom stereocenters. The molecule has 0 aliphatic carbocycles. The van der Waals surface area contributed by atoms with E-state index in [2.05, 4.69) is 44.8 Å². The predicted molar refractivity (Wildman–Crippen MR) is 89.5 cm³/mol. The normalized spacial score (nSPS) is 13.2. The average Bonchev–Trinajstić information content (AvgIpc) is 2.43. The van der Waals surface area contributed by atoms with E-state index in [1.807, 2.05) is 6.92 Å². The van der Waals surface area contributed by atoms with E-state index in [4.69, 9.17) is 4.74 Å². The molecule has 0 saturated carbocycles. The van der Waals surface area contributed by atoms with Crippen molar-refractivity contribution >= 4 is 5.97 Å². The molecule has 4 nitrogen and oxygen atoms in total. The van der Waals surface area contributed by atoms with Crippen LogP contribution in [0.5, 0.6) is 0 Å². The van der Waals surface area contributed by atoms with Gasteiger partial charge in [0, 0.05) is 19.1 Å². The number of rotatable bonds is 12. The molecule has 1 unspecified atom stereocenters. The molecule has 1 N–H and O–H groups in total. The molecule has 0 aromatic rings. The summed E-state index contributed by atoms with van der Waals surface area (Å²) in [5, 5.41) is 3.34. The minimum absolute atomic E-state index is 0.120. The number of hydrogen-bond donors (Lipinski definition) is 1. The van der Waals surface area contributed by atoms with E-state index in [0.29, 0.717) is 18.6 Å². The zero-order valence-corrected chi connectivity index (χ0v) is 14.9. The number of ether oxygens (including phenoxy) is 1. The Labute approximate surface area is 131 Å². The molecular weight excluding hydrogens is 264 g/mol. The van der Waals surface area contributed by atoms with Crippen LogP contribution in [0.4, 0.5) is 0 Å². The van der Waals surface area contributed by atoms with Crippen molar-refractivity contribution in [1.29, 1.82) is 0 Å².